The molecule has 1 aliphatic heterocycles. The highest BCUT2D eigenvalue weighted by Crippen LogP contribution is 2.35. The SMILES string of the molecule is CCC(=O)N[C@H]1C[C@@H](n2cnc3c(NCC(c4ccccc4)c4ccc(F)cc4)nc(NCCN4CCCCC4)nc32)[C@H](O)[C@@H]1O.O=C(O)C(F)(F)F. The van der Waals surface area contributed by atoms with Crippen LogP contribution in [0.25, 0.3) is 11.2 Å². The Morgan fingerprint density at radius 1 is 0.943 bits per heavy atom. The van der Waals surface area contributed by atoms with E-state index in [1.807, 2.05) is 30.3 Å². The molecule has 2 fully saturated rings. The third-order valence-corrected chi connectivity index (χ3v) is 9.45. The van der Waals surface area contributed by atoms with Crippen molar-refractivity contribution < 1.29 is 42.5 Å². The van der Waals surface area contributed by atoms with E-state index in [1.165, 1.54) is 31.4 Å². The highest BCUT2D eigenvalue weighted by molar-refractivity contribution is 5.84. The number of aliphatic hydroxyl groups excluding tert-OH is 2. The lowest BCUT2D eigenvalue weighted by Crippen LogP contribution is -2.42. The Morgan fingerprint density at radius 2 is 1.60 bits per heavy atom. The van der Waals surface area contributed by atoms with Crippen LogP contribution in [0.4, 0.5) is 29.3 Å². The van der Waals surface area contributed by atoms with Crippen molar-refractivity contribution in [2.45, 2.75) is 75.4 Å². The standard InChI is InChI=1S/C34H43FN8O3.C2HF3O2/c1-2-28(44)39-26-19-27(31(46)30(26)45)43-21-38-29-32(40-34(41-33(29)43)36-15-18-42-16-7-4-8-17-42)37-20-25(22-9-5-3-6-10-22)23-11-13-24(35)14-12-23;3-2(4,5)1(6)7/h3,5-6,9-14,21,25-27,30-31,45-46H,2,4,7-8,15-20H2,1H3,(H,39,44)(H2,36,37,40,41);(H,6,7)/t25?,26-,27+,30+,31-;/m0./s1. The number of rotatable bonds is 12. The minimum atomic E-state index is -5.08. The van der Waals surface area contributed by atoms with Crippen molar-refractivity contribution in [3.63, 3.8) is 0 Å². The summed E-state index contributed by atoms with van der Waals surface area (Å²) in [4.78, 5) is 37.8. The van der Waals surface area contributed by atoms with Crippen molar-refractivity contribution in [2.24, 2.45) is 0 Å². The normalized spacial score (nSPS) is 21.0. The van der Waals surface area contributed by atoms with Crippen molar-refractivity contribution in [1.82, 2.24) is 29.7 Å². The largest absolute Gasteiger partial charge is 0.490 e. The van der Waals surface area contributed by atoms with Gasteiger partial charge >= 0.3 is 12.1 Å². The molecule has 17 heteroatoms. The van der Waals surface area contributed by atoms with Gasteiger partial charge in [0, 0.05) is 32.0 Å². The van der Waals surface area contributed by atoms with Gasteiger partial charge in [0.1, 0.15) is 18.0 Å². The minimum Gasteiger partial charge on any atom is -0.475 e. The smallest absolute Gasteiger partial charge is 0.475 e. The number of piperidine rings is 1. The summed E-state index contributed by atoms with van der Waals surface area (Å²) >= 11 is 0. The Bertz CT molecular complexity index is 1810. The summed E-state index contributed by atoms with van der Waals surface area (Å²) in [5, 5.41) is 38.7. The summed E-state index contributed by atoms with van der Waals surface area (Å²) in [6.07, 6.45) is -1.41. The number of likely N-dealkylation sites (tertiary alicyclic amines) is 1. The second kappa shape index (κ2) is 17.8. The first kappa shape index (κ1) is 39.3. The predicted molar refractivity (Wildman–Crippen MR) is 189 cm³/mol. The number of nitrogens with zero attached hydrogens (tertiary/aromatic N) is 5. The number of aliphatic hydroxyl groups is 2. The first-order chi connectivity index (χ1) is 25.3. The fourth-order valence-electron chi connectivity index (χ4n) is 6.61. The molecule has 6 rings (SSSR count). The second-order valence-corrected chi connectivity index (χ2v) is 13.1. The molecule has 1 amide bonds. The average molecular weight is 745 g/mol. The van der Waals surface area contributed by atoms with Crippen molar-refractivity contribution in [3.05, 3.63) is 77.9 Å². The number of carboxylic acid groups (broad SMARTS) is 1. The summed E-state index contributed by atoms with van der Waals surface area (Å²) in [6, 6.07) is 15.4. The molecular weight excluding hydrogens is 700 g/mol. The predicted octanol–water partition coefficient (Wildman–Crippen LogP) is 4.30. The van der Waals surface area contributed by atoms with Crippen molar-refractivity contribution in [2.75, 3.05) is 43.4 Å². The lowest BCUT2D eigenvalue weighted by molar-refractivity contribution is -0.192. The number of carboxylic acids is 1. The van der Waals surface area contributed by atoms with E-state index in [0.29, 0.717) is 42.4 Å². The summed E-state index contributed by atoms with van der Waals surface area (Å²) < 4.78 is 47.3. The lowest BCUT2D eigenvalue weighted by Gasteiger charge is -2.26. The first-order valence-electron chi connectivity index (χ1n) is 17.6. The van der Waals surface area contributed by atoms with Gasteiger partial charge in [-0.15, -0.1) is 0 Å². The summed E-state index contributed by atoms with van der Waals surface area (Å²) in [5.41, 5.74) is 3.06. The Hall–Kier alpha value is -4.87. The van der Waals surface area contributed by atoms with Crippen LogP contribution in [0.15, 0.2) is 60.9 Å². The number of benzene rings is 2. The third-order valence-electron chi connectivity index (χ3n) is 9.45. The van der Waals surface area contributed by atoms with Crippen LogP contribution in [-0.2, 0) is 9.59 Å². The number of nitrogens with one attached hydrogen (secondary N) is 3. The van der Waals surface area contributed by atoms with Gasteiger partial charge in [-0.3, -0.25) is 4.79 Å². The molecule has 286 valence electrons. The van der Waals surface area contributed by atoms with E-state index in [2.05, 4.69) is 25.8 Å². The molecule has 1 saturated carbocycles. The fraction of sp³-hybridized carbons (Fsp3) is 0.472. The number of fused-ring (bicyclic) bond motifs is 1. The Labute approximate surface area is 303 Å². The third kappa shape index (κ3) is 10.2. The molecule has 4 aromatic rings. The van der Waals surface area contributed by atoms with E-state index < -0.39 is 36.4 Å². The molecule has 2 aliphatic rings. The van der Waals surface area contributed by atoms with Crippen molar-refractivity contribution in [1.29, 1.82) is 0 Å². The Kier molecular flexibility index (Phi) is 13.2. The zero-order valence-corrected chi connectivity index (χ0v) is 29.1. The van der Waals surface area contributed by atoms with Crippen LogP contribution in [0.1, 0.15) is 62.1 Å². The number of hydrogen-bond donors (Lipinski definition) is 6. The number of carbonyl (C=O) groups excluding carboxylic acids is 1. The van der Waals surface area contributed by atoms with Crippen molar-refractivity contribution in [3.8, 4) is 0 Å². The van der Waals surface area contributed by atoms with E-state index in [-0.39, 0.29) is 24.1 Å². The van der Waals surface area contributed by atoms with Crippen LogP contribution in [0.5, 0.6) is 0 Å². The molecule has 53 heavy (non-hydrogen) atoms. The van der Waals surface area contributed by atoms with Crippen LogP contribution in [0.3, 0.4) is 0 Å². The number of hydrogen-bond acceptors (Lipinski definition) is 10. The average Bonchev–Trinajstić information content (AvgIpc) is 3.69. The summed E-state index contributed by atoms with van der Waals surface area (Å²) in [6.45, 7) is 5.91. The zero-order chi connectivity index (χ0) is 38.1. The molecular formula is C36H44F4N8O5. The molecule has 2 aromatic heterocycles. The minimum absolute atomic E-state index is 0.0980. The van der Waals surface area contributed by atoms with E-state index in [9.17, 15) is 32.6 Å². The molecule has 13 nitrogen and oxygen atoms in total. The number of imidazole rings is 1. The van der Waals surface area contributed by atoms with Gasteiger partial charge in [0.15, 0.2) is 17.0 Å². The first-order valence-corrected chi connectivity index (χ1v) is 17.6. The molecule has 2 aromatic carbocycles. The molecule has 5 atom stereocenters. The molecule has 1 aliphatic carbocycles. The monoisotopic (exact) mass is 744 g/mol. The summed E-state index contributed by atoms with van der Waals surface area (Å²) in [7, 11) is 0. The van der Waals surface area contributed by atoms with E-state index in [4.69, 9.17) is 19.9 Å². The van der Waals surface area contributed by atoms with Crippen LogP contribution in [-0.4, -0.2) is 109 Å². The topological polar surface area (TPSA) is 178 Å². The van der Waals surface area contributed by atoms with Gasteiger partial charge in [0.2, 0.25) is 11.9 Å². The maximum atomic E-state index is 13.8. The highest BCUT2D eigenvalue weighted by atomic mass is 19.4. The van der Waals surface area contributed by atoms with Gasteiger partial charge < -0.3 is 40.7 Å². The van der Waals surface area contributed by atoms with E-state index in [0.717, 1.165) is 30.8 Å². The number of anilines is 2. The number of aromatic nitrogens is 4. The summed E-state index contributed by atoms with van der Waals surface area (Å²) in [5.74, 6) is -2.38. The van der Waals surface area contributed by atoms with Gasteiger partial charge in [0.25, 0.3) is 0 Å². The number of halogens is 4. The molecule has 3 heterocycles. The van der Waals surface area contributed by atoms with E-state index in [1.54, 1.807) is 30.0 Å². The Balaban J connectivity index is 0.000000705. The van der Waals surface area contributed by atoms with Gasteiger partial charge in [-0.05, 0) is 55.6 Å². The molecule has 1 unspecified atom stereocenters. The van der Waals surface area contributed by atoms with Crippen LogP contribution in [0.2, 0.25) is 0 Å². The van der Waals surface area contributed by atoms with Crippen LogP contribution in [0, 0.1) is 5.82 Å². The quantitative estimate of drug-likeness (QED) is 0.114. The fourth-order valence-corrected chi connectivity index (χ4v) is 6.61. The van der Waals surface area contributed by atoms with E-state index >= 15 is 0 Å². The van der Waals surface area contributed by atoms with Gasteiger partial charge in [-0.1, -0.05) is 55.8 Å². The molecule has 0 bridgehead atoms. The molecule has 0 spiro atoms. The number of carbonyl (C=O) groups is 2. The number of aliphatic carboxylic acids is 1. The lowest BCUT2D eigenvalue weighted by atomic mass is 9.91. The molecule has 0 radical (unpaired) electrons. The maximum Gasteiger partial charge on any atom is 0.490 e. The maximum absolute atomic E-state index is 13.8. The number of amides is 1. The number of alkyl halides is 3. The second-order valence-electron chi connectivity index (χ2n) is 13.1. The molecule has 6 N–H and O–H groups in total. The zero-order valence-electron chi connectivity index (χ0n) is 29.1. The highest BCUT2D eigenvalue weighted by Gasteiger charge is 2.44. The van der Waals surface area contributed by atoms with Gasteiger partial charge in [-0.2, -0.15) is 23.1 Å². The van der Waals surface area contributed by atoms with Crippen LogP contribution < -0.4 is 16.0 Å². The van der Waals surface area contributed by atoms with Gasteiger partial charge in [-0.25, -0.2) is 14.2 Å². The van der Waals surface area contributed by atoms with Crippen LogP contribution >= 0.6 is 0 Å². The van der Waals surface area contributed by atoms with Gasteiger partial charge in [0.05, 0.1) is 18.4 Å². The molecule has 1 saturated heterocycles. The van der Waals surface area contributed by atoms with Crippen molar-refractivity contribution >= 4 is 34.8 Å². The Morgan fingerprint density at radius 3 is 2.25 bits per heavy atom.